The van der Waals surface area contributed by atoms with Crippen molar-refractivity contribution in [2.24, 2.45) is 0 Å². The number of hydrogen-bond donors (Lipinski definition) is 2. The average molecular weight is 433 g/mol. The van der Waals surface area contributed by atoms with Crippen molar-refractivity contribution in [3.8, 4) is 0 Å². The zero-order chi connectivity index (χ0) is 16.3. The molecule has 1 aromatic heterocycles. The molecule has 0 radical (unpaired) electrons. The highest BCUT2D eigenvalue weighted by molar-refractivity contribution is 9.11. The Bertz CT molecular complexity index is 770. The Balaban J connectivity index is 2.48. The quantitative estimate of drug-likeness (QED) is 0.569. The number of rotatable bonds is 4. The summed E-state index contributed by atoms with van der Waals surface area (Å²) in [6.07, 6.45) is 2.57. The van der Waals surface area contributed by atoms with E-state index in [2.05, 4.69) is 56.6 Å². The van der Waals surface area contributed by atoms with Gasteiger partial charge in [-0.05, 0) is 37.9 Å². The second-order valence-electron chi connectivity index (χ2n) is 4.04. The zero-order valence-electron chi connectivity index (χ0n) is 11.6. The van der Waals surface area contributed by atoms with Gasteiger partial charge in [0.1, 0.15) is 11.2 Å². The van der Waals surface area contributed by atoms with E-state index in [1.807, 2.05) is 0 Å². The molecule has 0 aliphatic heterocycles. The van der Waals surface area contributed by atoms with Gasteiger partial charge in [0.15, 0.2) is 0 Å². The summed E-state index contributed by atoms with van der Waals surface area (Å²) in [6.45, 7) is 0. The number of H-pyrrole nitrogens is 1. The normalized spacial score (nSPS) is 11.4. The summed E-state index contributed by atoms with van der Waals surface area (Å²) in [5, 5.41) is 2.85. The molecular weight excluding hydrogens is 422 g/mol. The van der Waals surface area contributed by atoms with Gasteiger partial charge < -0.3 is 19.8 Å². The highest BCUT2D eigenvalue weighted by atomic mass is 79.9. The number of benzene rings is 1. The van der Waals surface area contributed by atoms with Gasteiger partial charge in [-0.1, -0.05) is 0 Å². The van der Waals surface area contributed by atoms with Crippen LogP contribution in [0.4, 0.5) is 5.69 Å². The van der Waals surface area contributed by atoms with E-state index in [0.29, 0.717) is 20.1 Å². The van der Waals surface area contributed by atoms with Gasteiger partial charge in [-0.15, -0.1) is 0 Å². The minimum atomic E-state index is -0.702. The predicted octanol–water partition coefficient (Wildman–Crippen LogP) is 2.73. The smallest absolute Gasteiger partial charge is 0.354 e. The molecule has 1 aromatic carbocycles. The number of nitrogens with one attached hydrogen (secondary N) is 2. The van der Waals surface area contributed by atoms with E-state index in [4.69, 9.17) is 0 Å². The van der Waals surface area contributed by atoms with Gasteiger partial charge in [-0.25, -0.2) is 14.6 Å². The van der Waals surface area contributed by atoms with Crippen LogP contribution in [-0.2, 0) is 19.1 Å². The molecule has 1 heterocycles. The second kappa shape index (κ2) is 6.93. The fourth-order valence-electron chi connectivity index (χ4n) is 1.69. The standard InChI is InChI=1S/C13H11Br2N3O4/c1-21-9(19)4-8(13(20)22-2)18-11-6(14)3-7-12(10(11)15)17-5-16-7/h3-5,18H,1-2H3,(H,16,17)/b8-4+. The molecule has 0 aliphatic carbocycles. The Kier molecular flexibility index (Phi) is 5.19. The molecule has 2 aromatic rings. The van der Waals surface area contributed by atoms with Crippen LogP contribution in [0.25, 0.3) is 11.0 Å². The Morgan fingerprint density at radius 2 is 2.05 bits per heavy atom. The van der Waals surface area contributed by atoms with Crippen molar-refractivity contribution in [3.05, 3.63) is 33.1 Å². The fourth-order valence-corrected chi connectivity index (χ4v) is 3.11. The lowest BCUT2D eigenvalue weighted by Crippen LogP contribution is -2.16. The maximum atomic E-state index is 11.8. The van der Waals surface area contributed by atoms with Gasteiger partial charge in [0, 0.05) is 4.47 Å². The molecule has 0 bridgehead atoms. The van der Waals surface area contributed by atoms with Crippen molar-refractivity contribution in [3.63, 3.8) is 0 Å². The largest absolute Gasteiger partial charge is 0.466 e. The number of nitrogens with zero attached hydrogens (tertiary/aromatic N) is 1. The van der Waals surface area contributed by atoms with Crippen LogP contribution in [-0.4, -0.2) is 36.1 Å². The topological polar surface area (TPSA) is 93.3 Å². The molecule has 0 saturated heterocycles. The van der Waals surface area contributed by atoms with Crippen molar-refractivity contribution in [2.45, 2.75) is 0 Å². The van der Waals surface area contributed by atoms with Crippen LogP contribution in [0.15, 0.2) is 33.1 Å². The Hall–Kier alpha value is -1.87. The summed E-state index contributed by atoms with van der Waals surface area (Å²) in [5.41, 5.74) is 1.94. The van der Waals surface area contributed by atoms with Crippen LogP contribution in [0.1, 0.15) is 0 Å². The summed E-state index contributed by atoms with van der Waals surface area (Å²) in [5.74, 6) is -1.38. The molecule has 0 saturated carbocycles. The van der Waals surface area contributed by atoms with Crippen molar-refractivity contribution in [1.29, 1.82) is 0 Å². The highest BCUT2D eigenvalue weighted by Gasteiger charge is 2.18. The Morgan fingerprint density at radius 1 is 1.32 bits per heavy atom. The zero-order valence-corrected chi connectivity index (χ0v) is 14.7. The third kappa shape index (κ3) is 3.30. The number of aromatic nitrogens is 2. The minimum Gasteiger partial charge on any atom is -0.466 e. The summed E-state index contributed by atoms with van der Waals surface area (Å²) in [7, 11) is 2.44. The lowest BCUT2D eigenvalue weighted by molar-refractivity contribution is -0.138. The van der Waals surface area contributed by atoms with Gasteiger partial charge in [0.2, 0.25) is 0 Å². The second-order valence-corrected chi connectivity index (χ2v) is 5.69. The SMILES string of the molecule is COC(=O)/C=C(/Nc1c(Br)cc2[nH]cnc2c1Br)C(=O)OC. The number of halogens is 2. The Morgan fingerprint density at radius 3 is 2.68 bits per heavy atom. The molecule has 0 aliphatic rings. The number of carbonyl (C=O) groups is 2. The van der Waals surface area contributed by atoms with Crippen molar-refractivity contribution < 1.29 is 19.1 Å². The molecule has 0 atom stereocenters. The first-order chi connectivity index (χ1) is 10.5. The number of hydrogen-bond acceptors (Lipinski definition) is 6. The number of carbonyl (C=O) groups excluding carboxylic acids is 2. The van der Waals surface area contributed by atoms with Crippen molar-refractivity contribution in [1.82, 2.24) is 9.97 Å². The van der Waals surface area contributed by atoms with Crippen LogP contribution in [0, 0.1) is 0 Å². The van der Waals surface area contributed by atoms with Crippen LogP contribution < -0.4 is 5.32 Å². The number of methoxy groups -OCH3 is 2. The molecule has 116 valence electrons. The van der Waals surface area contributed by atoms with E-state index >= 15 is 0 Å². The lowest BCUT2D eigenvalue weighted by atomic mass is 10.2. The minimum absolute atomic E-state index is 0.0642. The number of aromatic amines is 1. The number of ether oxygens (including phenoxy) is 2. The van der Waals surface area contributed by atoms with Crippen molar-refractivity contribution >= 4 is 60.5 Å². The maximum absolute atomic E-state index is 11.8. The van der Waals surface area contributed by atoms with Crippen LogP contribution in [0.2, 0.25) is 0 Å². The first kappa shape index (κ1) is 16.5. The van der Waals surface area contributed by atoms with E-state index in [-0.39, 0.29) is 5.70 Å². The van der Waals surface area contributed by atoms with Crippen LogP contribution in [0.5, 0.6) is 0 Å². The van der Waals surface area contributed by atoms with Gasteiger partial charge >= 0.3 is 11.9 Å². The molecule has 0 fully saturated rings. The summed E-state index contributed by atoms with van der Waals surface area (Å²) >= 11 is 6.82. The summed E-state index contributed by atoms with van der Waals surface area (Å²) in [6, 6.07) is 1.79. The molecule has 0 amide bonds. The van der Waals surface area contributed by atoms with Gasteiger partial charge in [-0.3, -0.25) is 0 Å². The lowest BCUT2D eigenvalue weighted by Gasteiger charge is -2.13. The van der Waals surface area contributed by atoms with E-state index in [0.717, 1.165) is 11.6 Å². The van der Waals surface area contributed by atoms with Crippen LogP contribution in [0.3, 0.4) is 0 Å². The number of esters is 2. The van der Waals surface area contributed by atoms with Crippen LogP contribution >= 0.6 is 31.9 Å². The highest BCUT2D eigenvalue weighted by Crippen LogP contribution is 2.37. The molecule has 9 heteroatoms. The molecule has 22 heavy (non-hydrogen) atoms. The Labute approximate surface area is 142 Å². The first-order valence-corrected chi connectivity index (χ1v) is 7.52. The molecule has 2 rings (SSSR count). The first-order valence-electron chi connectivity index (χ1n) is 5.94. The van der Waals surface area contributed by atoms with E-state index in [1.54, 1.807) is 12.4 Å². The maximum Gasteiger partial charge on any atom is 0.354 e. The number of imidazole rings is 1. The monoisotopic (exact) mass is 431 g/mol. The molecular formula is C13H11Br2N3O4. The van der Waals surface area contributed by atoms with E-state index in [9.17, 15) is 9.59 Å². The third-order valence-electron chi connectivity index (χ3n) is 2.73. The molecule has 2 N–H and O–H groups in total. The molecule has 0 spiro atoms. The van der Waals surface area contributed by atoms with Gasteiger partial charge in [0.05, 0.1) is 42.3 Å². The van der Waals surface area contributed by atoms with E-state index in [1.165, 1.54) is 14.2 Å². The molecule has 0 unspecified atom stereocenters. The fraction of sp³-hybridized carbons (Fsp3) is 0.154. The summed E-state index contributed by atoms with van der Waals surface area (Å²) < 4.78 is 10.5. The summed E-state index contributed by atoms with van der Waals surface area (Å²) in [4.78, 5) is 30.3. The third-order valence-corrected chi connectivity index (χ3v) is 4.13. The van der Waals surface area contributed by atoms with E-state index < -0.39 is 11.9 Å². The number of fused-ring (bicyclic) bond motifs is 1. The predicted molar refractivity (Wildman–Crippen MR) is 87.2 cm³/mol. The van der Waals surface area contributed by atoms with Gasteiger partial charge in [0.25, 0.3) is 0 Å². The molecule has 7 nitrogen and oxygen atoms in total. The average Bonchev–Trinajstić information content (AvgIpc) is 2.97. The number of anilines is 1. The van der Waals surface area contributed by atoms with Gasteiger partial charge in [-0.2, -0.15) is 0 Å². The van der Waals surface area contributed by atoms with Crippen molar-refractivity contribution in [2.75, 3.05) is 19.5 Å².